The van der Waals surface area contributed by atoms with Gasteiger partial charge in [0, 0.05) is 18.3 Å². The Balaban J connectivity index is 1.27. The molecule has 0 saturated heterocycles. The molecule has 0 unspecified atom stereocenters. The summed E-state index contributed by atoms with van der Waals surface area (Å²) in [5.41, 5.74) is 4.46. The summed E-state index contributed by atoms with van der Waals surface area (Å²) in [5, 5.41) is 31.6. The average molecular weight is 521 g/mol. The molecule has 0 aliphatic heterocycles. The van der Waals surface area contributed by atoms with Gasteiger partial charge in [0.2, 0.25) is 0 Å². The molecule has 5 nitrogen and oxygen atoms in total. The van der Waals surface area contributed by atoms with Gasteiger partial charge in [0.15, 0.2) is 0 Å². The minimum atomic E-state index is -0.639. The second-order valence-electron chi connectivity index (χ2n) is 13.0. The largest absolute Gasteiger partial charge is 0.393 e. The number of rotatable bonds is 8. The normalized spacial score (nSPS) is 36.6. The molecule has 4 saturated carbocycles. The predicted octanol–water partition coefficient (Wildman–Crippen LogP) is 6.09. The maximum Gasteiger partial charge on any atom is 0.115 e. The van der Waals surface area contributed by atoms with E-state index < -0.39 is 18.3 Å². The van der Waals surface area contributed by atoms with Crippen LogP contribution in [0.5, 0.6) is 0 Å². The fourth-order valence-corrected chi connectivity index (χ4v) is 8.02. The van der Waals surface area contributed by atoms with Crippen LogP contribution in [0, 0.1) is 23.2 Å². The van der Waals surface area contributed by atoms with Gasteiger partial charge < -0.3 is 20.3 Å². The zero-order valence-electron chi connectivity index (χ0n) is 23.6. The van der Waals surface area contributed by atoms with Crippen molar-refractivity contribution in [2.75, 3.05) is 0 Å². The number of nitrogens with zero attached hydrogens (tertiary/aromatic N) is 1. The number of aromatic amines is 1. The van der Waals surface area contributed by atoms with E-state index in [1.54, 1.807) is 0 Å². The number of allylic oxidation sites excluding steroid dienone is 4. The van der Waals surface area contributed by atoms with Crippen molar-refractivity contribution in [2.24, 2.45) is 23.2 Å². The van der Waals surface area contributed by atoms with Crippen LogP contribution in [0.3, 0.4) is 0 Å². The van der Waals surface area contributed by atoms with Crippen LogP contribution >= 0.6 is 0 Å². The van der Waals surface area contributed by atoms with Crippen LogP contribution in [0.2, 0.25) is 0 Å². The second kappa shape index (κ2) is 10.9. The quantitative estimate of drug-likeness (QED) is 0.312. The van der Waals surface area contributed by atoms with E-state index in [9.17, 15) is 15.3 Å². The summed E-state index contributed by atoms with van der Waals surface area (Å²) >= 11 is 0. The molecule has 4 aliphatic rings. The molecule has 1 aromatic rings. The Morgan fingerprint density at radius 3 is 2.71 bits per heavy atom. The molecule has 0 amide bonds. The molecule has 7 atom stereocenters. The minimum absolute atomic E-state index is 0.233. The van der Waals surface area contributed by atoms with Crippen LogP contribution in [-0.2, 0) is 11.8 Å². The van der Waals surface area contributed by atoms with Gasteiger partial charge in [-0.25, -0.2) is 4.98 Å². The number of hydrogen-bond acceptors (Lipinski definition) is 4. The summed E-state index contributed by atoms with van der Waals surface area (Å²) in [5.74, 6) is 2.52. The second-order valence-corrected chi connectivity index (χ2v) is 13.0. The number of aryl methyl sites for hydroxylation is 1. The zero-order valence-corrected chi connectivity index (χ0v) is 23.6. The number of H-pyrrole nitrogens is 1. The van der Waals surface area contributed by atoms with Gasteiger partial charge in [-0.05, 0) is 92.1 Å². The first-order chi connectivity index (χ1) is 18.2. The van der Waals surface area contributed by atoms with Crippen molar-refractivity contribution in [3.63, 3.8) is 0 Å². The molecule has 0 radical (unpaired) electrons. The van der Waals surface area contributed by atoms with Crippen LogP contribution in [0.4, 0.5) is 0 Å². The van der Waals surface area contributed by atoms with Crippen LogP contribution in [0.25, 0.3) is 0 Å². The third-order valence-corrected chi connectivity index (χ3v) is 10.5. The highest BCUT2D eigenvalue weighted by Crippen LogP contribution is 2.59. The van der Waals surface area contributed by atoms with E-state index in [-0.39, 0.29) is 10.8 Å². The lowest BCUT2D eigenvalue weighted by Crippen LogP contribution is -2.35. The number of aliphatic hydroxyl groups is 3. The third-order valence-electron chi connectivity index (χ3n) is 10.5. The fraction of sp³-hybridized carbons (Fsp3) is 0.667. The highest BCUT2D eigenvalue weighted by molar-refractivity contribution is 5.39. The van der Waals surface area contributed by atoms with E-state index in [1.165, 1.54) is 37.0 Å². The Kier molecular flexibility index (Phi) is 7.92. The first-order valence-electron chi connectivity index (χ1n) is 15.0. The first kappa shape index (κ1) is 27.6. The summed E-state index contributed by atoms with van der Waals surface area (Å²) in [6.45, 7) is 11.1. The molecule has 4 aliphatic carbocycles. The number of imidazole rings is 1. The molecule has 4 fully saturated rings. The van der Waals surface area contributed by atoms with Crippen molar-refractivity contribution >= 4 is 0 Å². The van der Waals surface area contributed by atoms with Crippen molar-refractivity contribution in [1.82, 2.24) is 9.97 Å². The van der Waals surface area contributed by atoms with Gasteiger partial charge in [0.05, 0.1) is 23.7 Å². The summed E-state index contributed by atoms with van der Waals surface area (Å²) in [6.07, 6.45) is 20.1. The Hall–Kier alpha value is -1.95. The van der Waals surface area contributed by atoms with Crippen LogP contribution < -0.4 is 0 Å². The highest BCUT2D eigenvalue weighted by atomic mass is 16.3. The van der Waals surface area contributed by atoms with Crippen molar-refractivity contribution < 1.29 is 15.3 Å². The van der Waals surface area contributed by atoms with Crippen molar-refractivity contribution in [3.8, 4) is 0 Å². The average Bonchev–Trinajstić information content (AvgIpc) is 3.42. The van der Waals surface area contributed by atoms with E-state index in [2.05, 4.69) is 61.6 Å². The predicted molar refractivity (Wildman–Crippen MR) is 153 cm³/mol. The topological polar surface area (TPSA) is 89.4 Å². The van der Waals surface area contributed by atoms with E-state index in [0.717, 1.165) is 49.1 Å². The van der Waals surface area contributed by atoms with Gasteiger partial charge in [-0.3, -0.25) is 0 Å². The molecule has 5 rings (SSSR count). The number of aliphatic hydroxyl groups excluding tert-OH is 3. The zero-order chi connectivity index (χ0) is 27.1. The summed E-state index contributed by atoms with van der Waals surface area (Å²) in [7, 11) is 0. The van der Waals surface area contributed by atoms with Crippen LogP contribution in [0.1, 0.15) is 96.5 Å². The van der Waals surface area contributed by atoms with Gasteiger partial charge in [-0.15, -0.1) is 0 Å². The van der Waals surface area contributed by atoms with Gasteiger partial charge >= 0.3 is 0 Å². The van der Waals surface area contributed by atoms with Gasteiger partial charge in [0.1, 0.15) is 5.82 Å². The number of fused-ring (bicyclic) bond motifs is 1. The highest BCUT2D eigenvalue weighted by Gasteiger charge is 2.53. The molecule has 5 heteroatoms. The molecule has 0 aromatic carbocycles. The van der Waals surface area contributed by atoms with E-state index in [0.29, 0.717) is 30.6 Å². The lowest BCUT2D eigenvalue weighted by molar-refractivity contribution is 0.0862. The summed E-state index contributed by atoms with van der Waals surface area (Å²) in [4.78, 5) is 8.12. The maximum atomic E-state index is 11.2. The van der Waals surface area contributed by atoms with Gasteiger partial charge in [-0.2, -0.15) is 0 Å². The van der Waals surface area contributed by atoms with Crippen LogP contribution in [0.15, 0.2) is 53.8 Å². The summed E-state index contributed by atoms with van der Waals surface area (Å²) in [6, 6.07) is 0. The van der Waals surface area contributed by atoms with Crippen molar-refractivity contribution in [1.29, 1.82) is 0 Å². The molecule has 1 aromatic heterocycles. The molecular weight excluding hydrogens is 472 g/mol. The van der Waals surface area contributed by atoms with E-state index >= 15 is 0 Å². The van der Waals surface area contributed by atoms with E-state index in [4.69, 9.17) is 0 Å². The first-order valence-corrected chi connectivity index (χ1v) is 15.0. The molecule has 0 bridgehead atoms. The van der Waals surface area contributed by atoms with Crippen molar-refractivity contribution in [3.05, 3.63) is 65.3 Å². The molecular formula is C33H48N2O3. The van der Waals surface area contributed by atoms with Gasteiger partial charge in [0.25, 0.3) is 0 Å². The molecule has 1 heterocycles. The molecule has 0 spiro atoms. The Morgan fingerprint density at radius 2 is 1.97 bits per heavy atom. The lowest BCUT2D eigenvalue weighted by Gasteiger charge is -2.44. The standard InChI is InChI=1S/C33H48N2O3/c1-5-7-25-20-34-31(35-25)33(16-17-33)30(38)14-9-21(2)27-12-13-28-23(8-6-15-32(27,28)4)10-11-24-18-26(36)19-29(37)22(24)3/h9-11,14,20-21,26-30,36-38H,3,5-8,12-13,15-19H2,1-2,4H3,(H,34,35)/t21-,26-,27-,28+,29+,30-,32-/m1/s1. The molecule has 38 heavy (non-hydrogen) atoms. The van der Waals surface area contributed by atoms with Crippen LogP contribution in [-0.4, -0.2) is 43.6 Å². The molecule has 208 valence electrons. The lowest BCUT2D eigenvalue weighted by atomic mass is 9.61. The smallest absolute Gasteiger partial charge is 0.115 e. The monoisotopic (exact) mass is 520 g/mol. The summed E-state index contributed by atoms with van der Waals surface area (Å²) < 4.78 is 0. The number of hydrogen-bond donors (Lipinski definition) is 4. The number of aromatic nitrogens is 2. The van der Waals surface area contributed by atoms with E-state index in [1.807, 2.05) is 6.20 Å². The Labute approximate surface area is 228 Å². The fourth-order valence-electron chi connectivity index (χ4n) is 8.02. The Morgan fingerprint density at radius 1 is 1.18 bits per heavy atom. The molecule has 4 N–H and O–H groups in total. The van der Waals surface area contributed by atoms with Gasteiger partial charge in [-0.1, -0.05) is 63.6 Å². The minimum Gasteiger partial charge on any atom is -0.393 e. The maximum absolute atomic E-state index is 11.2. The third kappa shape index (κ3) is 5.14. The SMILES string of the molecule is C=C1C(=CC=C2CCC[C@]3(C)[C@@H]([C@H](C)C=C[C@@H](O)C4(c5ncc(CCC)[nH]5)CC4)CC[C@@H]23)C[C@@H](O)C[C@@H]1O. The van der Waals surface area contributed by atoms with Crippen molar-refractivity contribution in [2.45, 2.75) is 115 Å². The number of nitrogens with one attached hydrogen (secondary N) is 1. The Bertz CT molecular complexity index is 1110.